The average Bonchev–Trinajstić information content (AvgIpc) is 2.87. The van der Waals surface area contributed by atoms with Gasteiger partial charge in [0.25, 0.3) is 5.91 Å². The van der Waals surface area contributed by atoms with Gasteiger partial charge < -0.3 is 11.1 Å². The lowest BCUT2D eigenvalue weighted by molar-refractivity contribution is -0.112. The SMILES string of the molecule is N#CC(C(=O)Nc1ccc(Cl)cc1)=C1N=C(N)c2cc(Cl)c(Cl)cc21. The summed E-state index contributed by atoms with van der Waals surface area (Å²) in [7, 11) is 0. The second-order valence-corrected chi connectivity index (χ2v) is 6.36. The van der Waals surface area contributed by atoms with Crippen molar-refractivity contribution in [2.45, 2.75) is 0 Å². The number of aliphatic imine (C=N–C) groups is 1. The van der Waals surface area contributed by atoms with Crippen LogP contribution in [0.1, 0.15) is 11.1 Å². The topological polar surface area (TPSA) is 91.3 Å². The minimum absolute atomic E-state index is 0.153. The second-order valence-electron chi connectivity index (χ2n) is 5.11. The van der Waals surface area contributed by atoms with Crippen molar-refractivity contribution in [2.75, 3.05) is 5.32 Å². The number of nitrogens with zero attached hydrogens (tertiary/aromatic N) is 2. The highest BCUT2D eigenvalue weighted by Crippen LogP contribution is 2.36. The van der Waals surface area contributed by atoms with Gasteiger partial charge >= 0.3 is 0 Å². The van der Waals surface area contributed by atoms with Gasteiger partial charge in [-0.2, -0.15) is 5.26 Å². The van der Waals surface area contributed by atoms with Crippen LogP contribution in [0.15, 0.2) is 47.0 Å². The van der Waals surface area contributed by atoms with E-state index >= 15 is 0 Å². The molecule has 0 aromatic heterocycles. The Bertz CT molecular complexity index is 988. The van der Waals surface area contributed by atoms with E-state index in [0.29, 0.717) is 26.9 Å². The third-order valence-electron chi connectivity index (χ3n) is 3.50. The first-order valence-corrected chi connectivity index (χ1v) is 8.09. The van der Waals surface area contributed by atoms with Crippen molar-refractivity contribution in [3.8, 4) is 6.07 Å². The molecule has 0 radical (unpaired) electrons. The number of halogens is 3. The van der Waals surface area contributed by atoms with Crippen molar-refractivity contribution in [3.05, 3.63) is 68.2 Å². The number of carbonyl (C=O) groups is 1. The Morgan fingerprint density at radius 2 is 1.68 bits per heavy atom. The van der Waals surface area contributed by atoms with Gasteiger partial charge in [0.15, 0.2) is 0 Å². The lowest BCUT2D eigenvalue weighted by Gasteiger charge is -2.07. The fourth-order valence-corrected chi connectivity index (χ4v) is 2.78. The quantitative estimate of drug-likeness (QED) is 0.592. The zero-order valence-electron chi connectivity index (χ0n) is 12.5. The summed E-state index contributed by atoms with van der Waals surface area (Å²) in [6.45, 7) is 0. The van der Waals surface area contributed by atoms with E-state index in [4.69, 9.17) is 40.5 Å². The summed E-state index contributed by atoms with van der Waals surface area (Å²) in [4.78, 5) is 16.6. The summed E-state index contributed by atoms with van der Waals surface area (Å²) in [5.74, 6) is -0.453. The van der Waals surface area contributed by atoms with Gasteiger partial charge in [-0.25, -0.2) is 4.99 Å². The molecule has 3 rings (SSSR count). The highest BCUT2D eigenvalue weighted by molar-refractivity contribution is 6.42. The van der Waals surface area contributed by atoms with Crippen LogP contribution in [-0.2, 0) is 4.79 Å². The Hall–Kier alpha value is -2.52. The van der Waals surface area contributed by atoms with Crippen molar-refractivity contribution < 1.29 is 4.79 Å². The molecular formula is C17H9Cl3N4O. The number of nitrogens with two attached hydrogens (primary N) is 1. The molecule has 1 amide bonds. The Morgan fingerprint density at radius 3 is 2.28 bits per heavy atom. The van der Waals surface area contributed by atoms with Gasteiger partial charge in [0.2, 0.25) is 0 Å². The van der Waals surface area contributed by atoms with Gasteiger partial charge in [-0.1, -0.05) is 34.8 Å². The van der Waals surface area contributed by atoms with Crippen molar-refractivity contribution in [1.29, 1.82) is 5.26 Å². The molecule has 0 fully saturated rings. The minimum atomic E-state index is -0.615. The first-order valence-electron chi connectivity index (χ1n) is 6.96. The fourth-order valence-electron chi connectivity index (χ4n) is 2.32. The van der Waals surface area contributed by atoms with E-state index in [9.17, 15) is 10.1 Å². The normalized spacial score (nSPS) is 14.4. The van der Waals surface area contributed by atoms with E-state index < -0.39 is 5.91 Å². The van der Waals surface area contributed by atoms with Crippen LogP contribution >= 0.6 is 34.8 Å². The first kappa shape index (κ1) is 17.3. The number of amidine groups is 1. The summed E-state index contributed by atoms with van der Waals surface area (Å²) in [6.07, 6.45) is 0. The average molecular weight is 392 g/mol. The highest BCUT2D eigenvalue weighted by atomic mass is 35.5. The fraction of sp³-hybridized carbons (Fsp3) is 0. The van der Waals surface area contributed by atoms with Crippen LogP contribution in [0.3, 0.4) is 0 Å². The predicted molar refractivity (Wildman–Crippen MR) is 99.8 cm³/mol. The number of anilines is 1. The lowest BCUT2D eigenvalue weighted by atomic mass is 10.0. The van der Waals surface area contributed by atoms with Crippen LogP contribution in [0.5, 0.6) is 0 Å². The summed E-state index contributed by atoms with van der Waals surface area (Å²) in [5, 5.41) is 13.2. The minimum Gasteiger partial charge on any atom is -0.383 e. The van der Waals surface area contributed by atoms with Crippen LogP contribution in [0.25, 0.3) is 5.70 Å². The van der Waals surface area contributed by atoms with Crippen LogP contribution in [0.2, 0.25) is 15.1 Å². The zero-order valence-corrected chi connectivity index (χ0v) is 14.7. The molecule has 2 aromatic carbocycles. The molecule has 2 aromatic rings. The molecule has 3 N–H and O–H groups in total. The van der Waals surface area contributed by atoms with Crippen LogP contribution in [0.4, 0.5) is 5.69 Å². The third-order valence-corrected chi connectivity index (χ3v) is 4.48. The smallest absolute Gasteiger partial charge is 0.268 e. The molecule has 0 bridgehead atoms. The van der Waals surface area contributed by atoms with Crippen LogP contribution in [-0.4, -0.2) is 11.7 Å². The standard InChI is InChI=1S/C17H9Cl3N4O/c18-8-1-3-9(4-2-8)23-17(25)12(7-21)15-10-5-13(19)14(20)6-11(10)16(22)24-15/h1-6H,(H2,22,24)(H,23,25). The molecule has 8 heteroatoms. The van der Waals surface area contributed by atoms with Gasteiger partial charge in [0, 0.05) is 21.8 Å². The number of rotatable bonds is 2. The van der Waals surface area contributed by atoms with Crippen LogP contribution in [0, 0.1) is 11.3 Å². The Kier molecular flexibility index (Phi) is 4.69. The molecule has 124 valence electrons. The molecule has 1 heterocycles. The maximum Gasteiger partial charge on any atom is 0.268 e. The Morgan fingerprint density at radius 1 is 1.08 bits per heavy atom. The Labute approximate surface area is 158 Å². The molecule has 0 saturated carbocycles. The van der Waals surface area contributed by atoms with E-state index in [0.717, 1.165) is 0 Å². The first-order chi connectivity index (χ1) is 11.9. The van der Waals surface area contributed by atoms with Crippen molar-refractivity contribution >= 4 is 57.9 Å². The summed E-state index contributed by atoms with van der Waals surface area (Å²) in [6, 6.07) is 11.5. The molecule has 0 unspecified atom stereocenters. The van der Waals surface area contributed by atoms with Gasteiger partial charge in [-0.15, -0.1) is 0 Å². The lowest BCUT2D eigenvalue weighted by Crippen LogP contribution is -2.14. The van der Waals surface area contributed by atoms with E-state index in [1.54, 1.807) is 30.3 Å². The molecule has 0 saturated heterocycles. The molecule has 0 aliphatic carbocycles. The molecule has 1 aliphatic rings. The molecule has 1 aliphatic heterocycles. The number of nitriles is 1. The van der Waals surface area contributed by atoms with E-state index in [1.807, 2.05) is 6.07 Å². The third kappa shape index (κ3) is 3.33. The number of hydrogen-bond donors (Lipinski definition) is 2. The predicted octanol–water partition coefficient (Wildman–Crippen LogP) is 4.24. The molecule has 0 atom stereocenters. The second kappa shape index (κ2) is 6.77. The zero-order chi connectivity index (χ0) is 18.1. The van der Waals surface area contributed by atoms with Crippen molar-refractivity contribution in [3.63, 3.8) is 0 Å². The molecular weight excluding hydrogens is 383 g/mol. The van der Waals surface area contributed by atoms with Gasteiger partial charge in [-0.05, 0) is 36.4 Å². The highest BCUT2D eigenvalue weighted by Gasteiger charge is 2.26. The van der Waals surface area contributed by atoms with Gasteiger partial charge in [-0.3, -0.25) is 4.79 Å². The molecule has 0 spiro atoms. The number of benzene rings is 2. The maximum absolute atomic E-state index is 12.5. The van der Waals surface area contributed by atoms with Crippen molar-refractivity contribution in [1.82, 2.24) is 0 Å². The van der Waals surface area contributed by atoms with Gasteiger partial charge in [0.1, 0.15) is 17.5 Å². The van der Waals surface area contributed by atoms with Crippen LogP contribution < -0.4 is 11.1 Å². The summed E-state index contributed by atoms with van der Waals surface area (Å²) in [5.41, 5.74) is 7.34. The van der Waals surface area contributed by atoms with Crippen molar-refractivity contribution in [2.24, 2.45) is 10.7 Å². The monoisotopic (exact) mass is 390 g/mol. The number of hydrogen-bond acceptors (Lipinski definition) is 4. The summed E-state index contributed by atoms with van der Waals surface area (Å²) < 4.78 is 0. The number of amides is 1. The number of fused-ring (bicyclic) bond motifs is 1. The van der Waals surface area contributed by atoms with E-state index in [2.05, 4.69) is 10.3 Å². The van der Waals surface area contributed by atoms with Gasteiger partial charge in [0.05, 0.1) is 15.7 Å². The Balaban J connectivity index is 2.04. The molecule has 5 nitrogen and oxygen atoms in total. The largest absolute Gasteiger partial charge is 0.383 e. The molecule has 25 heavy (non-hydrogen) atoms. The van der Waals surface area contributed by atoms with E-state index in [-0.39, 0.29) is 22.1 Å². The maximum atomic E-state index is 12.5. The number of carbonyl (C=O) groups excluding carboxylic acids is 1. The number of nitrogens with one attached hydrogen (secondary N) is 1. The summed E-state index contributed by atoms with van der Waals surface area (Å²) >= 11 is 17.8. The van der Waals surface area contributed by atoms with E-state index in [1.165, 1.54) is 6.07 Å².